The van der Waals surface area contributed by atoms with Crippen molar-refractivity contribution >= 4 is 34.7 Å². The molecule has 1 aliphatic heterocycles. The van der Waals surface area contributed by atoms with Crippen molar-refractivity contribution in [1.29, 1.82) is 0 Å². The molecule has 210 valence electrons. The summed E-state index contributed by atoms with van der Waals surface area (Å²) in [6.07, 6.45) is 7.93. The van der Waals surface area contributed by atoms with Crippen LogP contribution in [-0.4, -0.2) is 68.3 Å². The van der Waals surface area contributed by atoms with E-state index in [-0.39, 0.29) is 23.1 Å². The monoisotopic (exact) mass is 546 g/mol. The van der Waals surface area contributed by atoms with Crippen LogP contribution < -0.4 is 20.3 Å². The first-order valence-electron chi connectivity index (χ1n) is 13.4. The van der Waals surface area contributed by atoms with E-state index >= 15 is 0 Å². The Balaban J connectivity index is 1.32. The van der Waals surface area contributed by atoms with Gasteiger partial charge in [0.15, 0.2) is 11.6 Å². The molecule has 1 amide bonds. The Labute approximate surface area is 234 Å². The van der Waals surface area contributed by atoms with Crippen molar-refractivity contribution in [3.63, 3.8) is 0 Å². The molecule has 0 saturated heterocycles. The van der Waals surface area contributed by atoms with Crippen molar-refractivity contribution in [1.82, 2.24) is 14.9 Å². The van der Waals surface area contributed by atoms with Crippen molar-refractivity contribution in [2.24, 2.45) is 0 Å². The van der Waals surface area contributed by atoms with Crippen molar-refractivity contribution in [2.75, 3.05) is 63.0 Å². The number of carbonyl (C=O) groups is 1. The number of carbonyl (C=O) groups excluding carboxylic acids is 1. The number of amides is 1. The predicted octanol–water partition coefficient (Wildman–Crippen LogP) is 5.01. The van der Waals surface area contributed by atoms with E-state index in [1.54, 1.807) is 13.2 Å². The van der Waals surface area contributed by atoms with E-state index < -0.39 is 5.82 Å². The van der Waals surface area contributed by atoms with Gasteiger partial charge in [0.1, 0.15) is 12.4 Å². The standard InChI is InChI=1S/C30H35FN6O3/c1-36(2)15-4-6-27(38)37-20-30(13-5-14-30)24-12-9-22(18-26(24)37)33-28-25(31)19-32-29(35-28)34-21-7-10-23(11-8-21)40-17-16-39-3/h4,6-12,18-19H,5,13-17,20H2,1-3H3,(H2,32,33,34,35)/b6-4+. The van der Waals surface area contributed by atoms with E-state index in [0.29, 0.717) is 37.7 Å². The normalized spacial score (nSPS) is 15.4. The second-order valence-corrected chi connectivity index (χ2v) is 10.5. The van der Waals surface area contributed by atoms with Gasteiger partial charge in [0.2, 0.25) is 5.95 Å². The number of aromatic nitrogens is 2. The van der Waals surface area contributed by atoms with E-state index in [2.05, 4.69) is 26.7 Å². The fourth-order valence-corrected chi connectivity index (χ4v) is 5.09. The number of hydrogen-bond donors (Lipinski definition) is 2. The molecule has 0 bridgehead atoms. The van der Waals surface area contributed by atoms with Crippen LogP contribution in [0.2, 0.25) is 0 Å². The quantitative estimate of drug-likeness (QED) is 0.256. The van der Waals surface area contributed by atoms with Crippen LogP contribution in [0.3, 0.4) is 0 Å². The number of anilines is 5. The van der Waals surface area contributed by atoms with Crippen molar-refractivity contribution in [2.45, 2.75) is 24.7 Å². The molecule has 0 radical (unpaired) electrons. The molecule has 9 nitrogen and oxygen atoms in total. The number of rotatable bonds is 11. The van der Waals surface area contributed by atoms with Gasteiger partial charge in [-0.05, 0) is 68.9 Å². The van der Waals surface area contributed by atoms with Crippen LogP contribution in [-0.2, 0) is 14.9 Å². The van der Waals surface area contributed by atoms with Gasteiger partial charge in [-0.1, -0.05) is 18.6 Å². The number of fused-ring (bicyclic) bond motifs is 2. The number of nitrogens with zero attached hydrogens (tertiary/aromatic N) is 4. The van der Waals surface area contributed by atoms with Crippen molar-refractivity contribution in [3.05, 3.63) is 72.2 Å². The number of ether oxygens (including phenoxy) is 2. The Kier molecular flexibility index (Phi) is 8.27. The van der Waals surface area contributed by atoms with E-state index in [1.807, 2.05) is 66.4 Å². The first-order valence-corrected chi connectivity index (χ1v) is 13.4. The average Bonchev–Trinajstić information content (AvgIpc) is 3.27. The topological polar surface area (TPSA) is 91.8 Å². The Morgan fingerprint density at radius 3 is 2.60 bits per heavy atom. The molecule has 1 saturated carbocycles. The van der Waals surface area contributed by atoms with Gasteiger partial charge in [-0.15, -0.1) is 0 Å². The van der Waals surface area contributed by atoms with Crippen molar-refractivity contribution in [3.8, 4) is 5.75 Å². The molecule has 2 aliphatic rings. The summed E-state index contributed by atoms with van der Waals surface area (Å²) in [6, 6.07) is 13.2. The molecular weight excluding hydrogens is 511 g/mol. The number of halogens is 1. The molecule has 10 heteroatoms. The molecule has 3 aromatic rings. The van der Waals surface area contributed by atoms with Crippen LogP contribution in [0, 0.1) is 5.82 Å². The van der Waals surface area contributed by atoms with Crippen LogP contribution in [0.15, 0.2) is 60.8 Å². The first kappa shape index (κ1) is 27.5. The van der Waals surface area contributed by atoms with Gasteiger partial charge >= 0.3 is 0 Å². The van der Waals surface area contributed by atoms with Crippen LogP contribution in [0.4, 0.5) is 33.2 Å². The minimum atomic E-state index is -0.581. The third-order valence-corrected chi connectivity index (χ3v) is 7.30. The highest BCUT2D eigenvalue weighted by Gasteiger charge is 2.48. The highest BCUT2D eigenvalue weighted by Crippen LogP contribution is 2.53. The van der Waals surface area contributed by atoms with E-state index in [0.717, 1.165) is 36.8 Å². The smallest absolute Gasteiger partial charge is 0.250 e. The zero-order valence-corrected chi connectivity index (χ0v) is 23.1. The maximum Gasteiger partial charge on any atom is 0.250 e. The van der Waals surface area contributed by atoms with Crippen LogP contribution >= 0.6 is 0 Å². The summed E-state index contributed by atoms with van der Waals surface area (Å²) < 4.78 is 25.3. The minimum Gasteiger partial charge on any atom is -0.491 e. The SMILES string of the molecule is COCCOc1ccc(Nc2ncc(F)c(Nc3ccc4c(c3)N(C(=O)/C=C/CN(C)C)CC43CCC3)n2)cc1. The molecule has 2 N–H and O–H groups in total. The van der Waals surface area contributed by atoms with Gasteiger partial charge in [0.25, 0.3) is 5.91 Å². The van der Waals surface area contributed by atoms with E-state index in [4.69, 9.17) is 9.47 Å². The molecule has 40 heavy (non-hydrogen) atoms. The third kappa shape index (κ3) is 6.08. The summed E-state index contributed by atoms with van der Waals surface area (Å²) in [4.78, 5) is 25.4. The maximum atomic E-state index is 14.7. The largest absolute Gasteiger partial charge is 0.491 e. The lowest BCUT2D eigenvalue weighted by molar-refractivity contribution is -0.114. The molecule has 2 aromatic carbocycles. The number of likely N-dealkylation sites (N-methyl/N-ethyl adjacent to an activating group) is 1. The summed E-state index contributed by atoms with van der Waals surface area (Å²) in [6.45, 7) is 2.33. The molecule has 2 heterocycles. The van der Waals surface area contributed by atoms with Gasteiger partial charge in [0, 0.05) is 48.8 Å². The molecule has 5 rings (SSSR count). The average molecular weight is 547 g/mol. The van der Waals surface area contributed by atoms with Gasteiger partial charge in [-0.25, -0.2) is 9.37 Å². The summed E-state index contributed by atoms with van der Waals surface area (Å²) in [7, 11) is 5.55. The molecule has 1 spiro atoms. The molecule has 0 unspecified atom stereocenters. The highest BCUT2D eigenvalue weighted by molar-refractivity contribution is 6.04. The molecule has 0 atom stereocenters. The lowest BCUT2D eigenvalue weighted by Gasteiger charge is -2.38. The summed E-state index contributed by atoms with van der Waals surface area (Å²) >= 11 is 0. The Hall–Kier alpha value is -4.02. The second-order valence-electron chi connectivity index (χ2n) is 10.5. The highest BCUT2D eigenvalue weighted by atomic mass is 19.1. The number of methoxy groups -OCH3 is 1. The van der Waals surface area contributed by atoms with Crippen molar-refractivity contribution < 1.29 is 18.7 Å². The van der Waals surface area contributed by atoms with E-state index in [1.165, 1.54) is 5.56 Å². The fraction of sp³-hybridized carbons (Fsp3) is 0.367. The molecule has 1 fully saturated rings. The lowest BCUT2D eigenvalue weighted by atomic mass is 9.66. The summed E-state index contributed by atoms with van der Waals surface area (Å²) in [5.74, 6) is 0.374. The van der Waals surface area contributed by atoms with Gasteiger partial charge in [-0.2, -0.15) is 4.98 Å². The first-order chi connectivity index (χ1) is 19.4. The zero-order chi connectivity index (χ0) is 28.1. The van der Waals surface area contributed by atoms with Crippen LogP contribution in [0.25, 0.3) is 0 Å². The molecule has 1 aromatic heterocycles. The summed E-state index contributed by atoms with van der Waals surface area (Å²) in [5, 5.41) is 6.18. The Morgan fingerprint density at radius 2 is 1.90 bits per heavy atom. The van der Waals surface area contributed by atoms with Gasteiger partial charge in [0.05, 0.1) is 12.8 Å². The Bertz CT molecular complexity index is 1370. The van der Waals surface area contributed by atoms with Gasteiger partial charge < -0.3 is 29.9 Å². The minimum absolute atomic E-state index is 0.0144. The maximum absolute atomic E-state index is 14.7. The third-order valence-electron chi connectivity index (χ3n) is 7.30. The van der Waals surface area contributed by atoms with Crippen LogP contribution in [0.1, 0.15) is 24.8 Å². The summed E-state index contributed by atoms with van der Waals surface area (Å²) in [5.41, 5.74) is 3.44. The number of hydrogen-bond acceptors (Lipinski definition) is 8. The number of nitrogens with one attached hydrogen (secondary N) is 2. The molecular formula is C30H35FN6O3. The van der Waals surface area contributed by atoms with E-state index in [9.17, 15) is 9.18 Å². The second kappa shape index (κ2) is 12.0. The lowest BCUT2D eigenvalue weighted by Crippen LogP contribution is -2.41. The predicted molar refractivity (Wildman–Crippen MR) is 154 cm³/mol. The zero-order valence-electron chi connectivity index (χ0n) is 23.1. The molecule has 1 aliphatic carbocycles. The Morgan fingerprint density at radius 1 is 1.12 bits per heavy atom. The fourth-order valence-electron chi connectivity index (χ4n) is 5.09. The number of benzene rings is 2. The van der Waals surface area contributed by atoms with Crippen LogP contribution in [0.5, 0.6) is 5.75 Å². The van der Waals surface area contributed by atoms with Gasteiger partial charge in [-0.3, -0.25) is 4.79 Å².